The third-order valence-electron chi connectivity index (χ3n) is 4.41. The Hall–Kier alpha value is -0.760. The van der Waals surface area contributed by atoms with E-state index < -0.39 is 0 Å². The van der Waals surface area contributed by atoms with Crippen LogP contribution in [-0.2, 0) is 0 Å². The fraction of sp³-hybridized carbons (Fsp3) is 0.750. The van der Waals surface area contributed by atoms with E-state index in [1.165, 1.54) is 25.7 Å². The molecule has 2 heteroatoms. The van der Waals surface area contributed by atoms with Gasteiger partial charge in [-0.25, -0.2) is 0 Å². The average Bonchev–Trinajstić information content (AvgIpc) is 2.82. The SMILES string of the molecule is C[C@@H](NC1CCC(C(C)(C)C)CC1)c1ccco1. The van der Waals surface area contributed by atoms with Crippen molar-refractivity contribution >= 4 is 0 Å². The van der Waals surface area contributed by atoms with Crippen LogP contribution in [0.15, 0.2) is 22.8 Å². The van der Waals surface area contributed by atoms with E-state index in [1.54, 1.807) is 6.26 Å². The van der Waals surface area contributed by atoms with Gasteiger partial charge in [0.1, 0.15) is 5.76 Å². The Morgan fingerprint density at radius 3 is 2.39 bits per heavy atom. The highest BCUT2D eigenvalue weighted by Gasteiger charge is 2.30. The zero-order valence-corrected chi connectivity index (χ0v) is 12.2. The molecule has 0 aromatic carbocycles. The molecule has 1 aromatic rings. The summed E-state index contributed by atoms with van der Waals surface area (Å²) in [5.41, 5.74) is 0.470. The molecule has 1 N–H and O–H groups in total. The Morgan fingerprint density at radius 2 is 1.89 bits per heavy atom. The maximum Gasteiger partial charge on any atom is 0.120 e. The van der Waals surface area contributed by atoms with Crippen molar-refractivity contribution in [1.82, 2.24) is 5.32 Å². The van der Waals surface area contributed by atoms with Gasteiger partial charge in [0, 0.05) is 6.04 Å². The van der Waals surface area contributed by atoms with Crippen LogP contribution in [0.25, 0.3) is 0 Å². The zero-order valence-electron chi connectivity index (χ0n) is 12.2. The van der Waals surface area contributed by atoms with Crippen LogP contribution in [0.2, 0.25) is 0 Å². The van der Waals surface area contributed by atoms with Crippen LogP contribution in [0.5, 0.6) is 0 Å². The van der Waals surface area contributed by atoms with Crippen LogP contribution < -0.4 is 5.32 Å². The van der Waals surface area contributed by atoms with Gasteiger partial charge in [0.15, 0.2) is 0 Å². The first-order chi connectivity index (χ1) is 8.47. The molecule has 0 bridgehead atoms. The summed E-state index contributed by atoms with van der Waals surface area (Å²) in [5, 5.41) is 3.70. The van der Waals surface area contributed by atoms with E-state index in [2.05, 4.69) is 39.1 Å². The molecule has 1 aliphatic rings. The number of nitrogens with one attached hydrogen (secondary N) is 1. The molecule has 1 aliphatic carbocycles. The summed E-state index contributed by atoms with van der Waals surface area (Å²) in [6.45, 7) is 9.30. The molecule has 1 atom stereocenters. The minimum Gasteiger partial charge on any atom is -0.468 e. The highest BCUT2D eigenvalue weighted by Crippen LogP contribution is 2.38. The Morgan fingerprint density at radius 1 is 1.22 bits per heavy atom. The maximum atomic E-state index is 5.45. The number of furan rings is 1. The van der Waals surface area contributed by atoms with E-state index in [4.69, 9.17) is 4.42 Å². The van der Waals surface area contributed by atoms with Gasteiger partial charge in [0.2, 0.25) is 0 Å². The summed E-state index contributed by atoms with van der Waals surface area (Å²) in [7, 11) is 0. The van der Waals surface area contributed by atoms with Gasteiger partial charge in [-0.05, 0) is 56.1 Å². The van der Waals surface area contributed by atoms with Gasteiger partial charge in [-0.1, -0.05) is 20.8 Å². The van der Waals surface area contributed by atoms with E-state index in [0.717, 1.165) is 11.7 Å². The molecule has 0 aliphatic heterocycles. The van der Waals surface area contributed by atoms with Crippen LogP contribution in [0, 0.1) is 11.3 Å². The Balaban J connectivity index is 1.80. The minimum atomic E-state index is 0.330. The Labute approximate surface area is 111 Å². The van der Waals surface area contributed by atoms with E-state index in [9.17, 15) is 0 Å². The van der Waals surface area contributed by atoms with Crippen molar-refractivity contribution in [3.05, 3.63) is 24.2 Å². The fourth-order valence-corrected chi connectivity index (χ4v) is 3.10. The molecule has 0 unspecified atom stereocenters. The fourth-order valence-electron chi connectivity index (χ4n) is 3.10. The van der Waals surface area contributed by atoms with E-state index in [-0.39, 0.29) is 0 Å². The second kappa shape index (κ2) is 5.48. The van der Waals surface area contributed by atoms with E-state index >= 15 is 0 Å². The molecule has 1 heterocycles. The molecule has 102 valence electrons. The second-order valence-corrected chi connectivity index (χ2v) is 6.82. The standard InChI is InChI=1S/C16H27NO/c1-12(15-6-5-11-18-15)17-14-9-7-13(8-10-14)16(2,3)4/h5-6,11-14,17H,7-10H2,1-4H3/t12-,13?,14?/m1/s1. The van der Waals surface area contributed by atoms with Crippen LogP contribution in [0.3, 0.4) is 0 Å². The highest BCUT2D eigenvalue weighted by atomic mass is 16.3. The summed E-state index contributed by atoms with van der Waals surface area (Å²) >= 11 is 0. The summed E-state index contributed by atoms with van der Waals surface area (Å²) in [6.07, 6.45) is 7.06. The predicted octanol–water partition coefficient (Wildman–Crippen LogP) is 4.54. The van der Waals surface area contributed by atoms with Crippen LogP contribution >= 0.6 is 0 Å². The van der Waals surface area contributed by atoms with Gasteiger partial charge in [-0.3, -0.25) is 0 Å². The molecule has 2 nitrogen and oxygen atoms in total. The molecule has 1 aromatic heterocycles. The third kappa shape index (κ3) is 3.38. The molecule has 0 saturated heterocycles. The van der Waals surface area contributed by atoms with Gasteiger partial charge in [-0.2, -0.15) is 0 Å². The number of rotatable bonds is 3. The van der Waals surface area contributed by atoms with E-state index in [0.29, 0.717) is 17.5 Å². The smallest absolute Gasteiger partial charge is 0.120 e. The number of hydrogen-bond donors (Lipinski definition) is 1. The van der Waals surface area contributed by atoms with Crippen molar-refractivity contribution < 1.29 is 4.42 Å². The number of hydrogen-bond acceptors (Lipinski definition) is 2. The largest absolute Gasteiger partial charge is 0.468 e. The Bertz CT molecular complexity index is 342. The normalized spacial score (nSPS) is 27.1. The lowest BCUT2D eigenvalue weighted by Crippen LogP contribution is -2.37. The lowest BCUT2D eigenvalue weighted by molar-refractivity contribution is 0.155. The van der Waals surface area contributed by atoms with Gasteiger partial charge in [0.05, 0.1) is 12.3 Å². The summed E-state index contributed by atoms with van der Waals surface area (Å²) in [5.74, 6) is 1.93. The molecule has 18 heavy (non-hydrogen) atoms. The molecule has 1 saturated carbocycles. The average molecular weight is 249 g/mol. The molecule has 0 amide bonds. The van der Waals surface area contributed by atoms with Gasteiger partial charge in [0.25, 0.3) is 0 Å². The topological polar surface area (TPSA) is 25.2 Å². The summed E-state index contributed by atoms with van der Waals surface area (Å²) < 4.78 is 5.45. The zero-order chi connectivity index (χ0) is 13.2. The lowest BCUT2D eigenvalue weighted by Gasteiger charge is -2.37. The van der Waals surface area contributed by atoms with Gasteiger partial charge in [-0.15, -0.1) is 0 Å². The summed E-state index contributed by atoms with van der Waals surface area (Å²) in [4.78, 5) is 0. The molecular weight excluding hydrogens is 222 g/mol. The predicted molar refractivity (Wildman–Crippen MR) is 75.5 cm³/mol. The second-order valence-electron chi connectivity index (χ2n) is 6.82. The first kappa shape index (κ1) is 13.7. The monoisotopic (exact) mass is 249 g/mol. The van der Waals surface area contributed by atoms with Crippen molar-refractivity contribution in [2.75, 3.05) is 0 Å². The molecular formula is C16H27NO. The Kier molecular flexibility index (Phi) is 4.16. The van der Waals surface area contributed by atoms with Crippen molar-refractivity contribution in [2.24, 2.45) is 11.3 Å². The summed E-state index contributed by atoms with van der Waals surface area (Å²) in [6, 6.07) is 5.00. The highest BCUT2D eigenvalue weighted by molar-refractivity contribution is 5.03. The molecule has 0 spiro atoms. The van der Waals surface area contributed by atoms with Crippen LogP contribution in [0.4, 0.5) is 0 Å². The maximum absolute atomic E-state index is 5.45. The first-order valence-electron chi connectivity index (χ1n) is 7.26. The van der Waals surface area contributed by atoms with Crippen molar-refractivity contribution in [2.45, 2.75) is 65.5 Å². The van der Waals surface area contributed by atoms with Gasteiger partial charge >= 0.3 is 0 Å². The minimum absolute atomic E-state index is 0.330. The molecule has 1 fully saturated rings. The van der Waals surface area contributed by atoms with Crippen molar-refractivity contribution in [1.29, 1.82) is 0 Å². The van der Waals surface area contributed by atoms with Crippen LogP contribution in [-0.4, -0.2) is 6.04 Å². The first-order valence-corrected chi connectivity index (χ1v) is 7.26. The third-order valence-corrected chi connectivity index (χ3v) is 4.41. The van der Waals surface area contributed by atoms with E-state index in [1.807, 2.05) is 6.07 Å². The molecule has 0 radical (unpaired) electrons. The quantitative estimate of drug-likeness (QED) is 0.851. The lowest BCUT2D eigenvalue weighted by atomic mass is 9.71. The van der Waals surface area contributed by atoms with Crippen molar-refractivity contribution in [3.8, 4) is 0 Å². The van der Waals surface area contributed by atoms with Gasteiger partial charge < -0.3 is 9.73 Å². The van der Waals surface area contributed by atoms with Crippen molar-refractivity contribution in [3.63, 3.8) is 0 Å². The van der Waals surface area contributed by atoms with Crippen LogP contribution in [0.1, 0.15) is 65.2 Å². The molecule has 2 rings (SSSR count).